The van der Waals surface area contributed by atoms with Crippen molar-refractivity contribution in [3.05, 3.63) is 59.7 Å². The SMILES string of the molecule is COc1ccc(S(=O)(=O)NCCN(C(C)=O)C(C)c2ccccc2)cc1C. The average molecular weight is 391 g/mol. The van der Waals surface area contributed by atoms with Gasteiger partial charge in [0.1, 0.15) is 5.75 Å². The summed E-state index contributed by atoms with van der Waals surface area (Å²) in [5.74, 6) is 0.527. The van der Waals surface area contributed by atoms with E-state index in [0.717, 1.165) is 11.1 Å². The number of sulfonamides is 1. The molecule has 7 heteroatoms. The Kier molecular flexibility index (Phi) is 6.98. The molecule has 0 radical (unpaired) electrons. The molecule has 1 N–H and O–H groups in total. The van der Waals surface area contributed by atoms with Gasteiger partial charge in [-0.15, -0.1) is 0 Å². The number of hydrogen-bond acceptors (Lipinski definition) is 4. The number of carbonyl (C=O) groups excluding carboxylic acids is 1. The Hall–Kier alpha value is -2.38. The molecule has 1 amide bonds. The molecule has 0 aliphatic rings. The van der Waals surface area contributed by atoms with Crippen molar-refractivity contribution in [2.45, 2.75) is 31.7 Å². The fourth-order valence-corrected chi connectivity index (χ4v) is 4.04. The molecular formula is C20H26N2O4S. The first-order valence-corrected chi connectivity index (χ1v) is 10.2. The molecule has 0 aromatic heterocycles. The molecule has 0 aliphatic carbocycles. The van der Waals surface area contributed by atoms with E-state index in [2.05, 4.69) is 4.72 Å². The number of amides is 1. The van der Waals surface area contributed by atoms with Crippen LogP contribution in [0.15, 0.2) is 53.4 Å². The van der Waals surface area contributed by atoms with E-state index in [-0.39, 0.29) is 29.9 Å². The first kappa shape index (κ1) is 20.9. The molecule has 146 valence electrons. The zero-order valence-corrected chi connectivity index (χ0v) is 16.9. The molecule has 0 heterocycles. The third-order valence-electron chi connectivity index (χ3n) is 4.48. The van der Waals surface area contributed by atoms with Crippen LogP contribution in [0.3, 0.4) is 0 Å². The average Bonchev–Trinajstić information content (AvgIpc) is 2.65. The maximum Gasteiger partial charge on any atom is 0.240 e. The number of ether oxygens (including phenoxy) is 1. The molecule has 0 saturated heterocycles. The molecule has 2 rings (SSSR count). The van der Waals surface area contributed by atoms with Gasteiger partial charge in [0.25, 0.3) is 0 Å². The van der Waals surface area contributed by atoms with E-state index in [1.807, 2.05) is 37.3 Å². The van der Waals surface area contributed by atoms with Crippen LogP contribution in [0, 0.1) is 6.92 Å². The lowest BCUT2D eigenvalue weighted by Gasteiger charge is -2.28. The second kappa shape index (κ2) is 9.01. The van der Waals surface area contributed by atoms with Gasteiger partial charge in [0, 0.05) is 20.0 Å². The number of nitrogens with one attached hydrogen (secondary N) is 1. The normalized spacial score (nSPS) is 12.4. The second-order valence-corrected chi connectivity index (χ2v) is 8.10. The maximum atomic E-state index is 12.5. The molecule has 0 spiro atoms. The lowest BCUT2D eigenvalue weighted by atomic mass is 10.1. The molecule has 1 atom stereocenters. The summed E-state index contributed by atoms with van der Waals surface area (Å²) in [7, 11) is -2.12. The van der Waals surface area contributed by atoms with Crippen molar-refractivity contribution < 1.29 is 17.9 Å². The van der Waals surface area contributed by atoms with E-state index in [9.17, 15) is 13.2 Å². The lowest BCUT2D eigenvalue weighted by molar-refractivity contribution is -0.130. The van der Waals surface area contributed by atoms with Gasteiger partial charge in [-0.1, -0.05) is 30.3 Å². The molecular weight excluding hydrogens is 364 g/mol. The van der Waals surface area contributed by atoms with Crippen molar-refractivity contribution in [3.8, 4) is 5.75 Å². The number of benzene rings is 2. The molecule has 27 heavy (non-hydrogen) atoms. The van der Waals surface area contributed by atoms with Crippen molar-refractivity contribution >= 4 is 15.9 Å². The van der Waals surface area contributed by atoms with Crippen LogP contribution >= 0.6 is 0 Å². The lowest BCUT2D eigenvalue weighted by Crippen LogP contribution is -2.39. The van der Waals surface area contributed by atoms with E-state index >= 15 is 0 Å². The van der Waals surface area contributed by atoms with Crippen LogP contribution in [0.25, 0.3) is 0 Å². The fraction of sp³-hybridized carbons (Fsp3) is 0.350. The molecule has 6 nitrogen and oxygen atoms in total. The van der Waals surface area contributed by atoms with Gasteiger partial charge in [0.2, 0.25) is 15.9 Å². The van der Waals surface area contributed by atoms with Crippen LogP contribution in [0.5, 0.6) is 5.75 Å². The number of rotatable bonds is 8. The number of hydrogen-bond donors (Lipinski definition) is 1. The fourth-order valence-electron chi connectivity index (χ4n) is 2.94. The summed E-state index contributed by atoms with van der Waals surface area (Å²) in [6.07, 6.45) is 0. The van der Waals surface area contributed by atoms with Gasteiger partial charge in [-0.05, 0) is 43.2 Å². The van der Waals surface area contributed by atoms with Gasteiger partial charge >= 0.3 is 0 Å². The summed E-state index contributed by atoms with van der Waals surface area (Å²) < 4.78 is 32.8. The Balaban J connectivity index is 2.05. The highest BCUT2D eigenvalue weighted by molar-refractivity contribution is 7.89. The van der Waals surface area contributed by atoms with Crippen LogP contribution < -0.4 is 9.46 Å². The molecule has 0 aliphatic heterocycles. The van der Waals surface area contributed by atoms with Crippen molar-refractivity contribution in [3.63, 3.8) is 0 Å². The summed E-state index contributed by atoms with van der Waals surface area (Å²) in [6, 6.07) is 14.2. The Morgan fingerprint density at radius 2 is 1.85 bits per heavy atom. The summed E-state index contributed by atoms with van der Waals surface area (Å²) in [4.78, 5) is 13.9. The van der Waals surface area contributed by atoms with Crippen LogP contribution in [-0.4, -0.2) is 39.4 Å². The number of methoxy groups -OCH3 is 1. The molecule has 0 saturated carbocycles. The third-order valence-corrected chi connectivity index (χ3v) is 5.93. The monoisotopic (exact) mass is 390 g/mol. The minimum atomic E-state index is -3.66. The van der Waals surface area contributed by atoms with E-state index < -0.39 is 10.0 Å². The second-order valence-electron chi connectivity index (χ2n) is 6.33. The maximum absolute atomic E-state index is 12.5. The predicted molar refractivity (Wildman–Crippen MR) is 105 cm³/mol. The third kappa shape index (κ3) is 5.30. The highest BCUT2D eigenvalue weighted by Gasteiger charge is 2.20. The molecule has 0 fully saturated rings. The highest BCUT2D eigenvalue weighted by Crippen LogP contribution is 2.22. The minimum Gasteiger partial charge on any atom is -0.496 e. The van der Waals surface area contributed by atoms with Gasteiger partial charge in [-0.3, -0.25) is 4.79 Å². The molecule has 2 aromatic rings. The van der Waals surface area contributed by atoms with E-state index in [1.54, 1.807) is 31.1 Å². The first-order valence-electron chi connectivity index (χ1n) is 8.72. The molecule has 1 unspecified atom stereocenters. The Bertz CT molecular complexity index is 882. The van der Waals surface area contributed by atoms with E-state index in [4.69, 9.17) is 4.74 Å². The van der Waals surface area contributed by atoms with Gasteiger partial charge in [0.05, 0.1) is 18.0 Å². The summed E-state index contributed by atoms with van der Waals surface area (Å²) in [5, 5.41) is 0. The largest absolute Gasteiger partial charge is 0.496 e. The highest BCUT2D eigenvalue weighted by atomic mass is 32.2. The zero-order chi connectivity index (χ0) is 20.0. The summed E-state index contributed by atoms with van der Waals surface area (Å²) in [5.41, 5.74) is 1.74. The number of aryl methyl sites for hydroxylation is 1. The van der Waals surface area contributed by atoms with E-state index in [1.165, 1.54) is 13.0 Å². The van der Waals surface area contributed by atoms with Crippen molar-refractivity contribution in [1.82, 2.24) is 9.62 Å². The molecule has 2 aromatic carbocycles. The topological polar surface area (TPSA) is 75.7 Å². The predicted octanol–water partition coefficient (Wildman–Crippen LogP) is 2.89. The number of nitrogens with zero attached hydrogens (tertiary/aromatic N) is 1. The smallest absolute Gasteiger partial charge is 0.240 e. The standard InChI is InChI=1S/C20H26N2O4S/c1-15-14-19(10-11-20(15)26-4)27(24,25)21-12-13-22(17(3)23)16(2)18-8-6-5-7-9-18/h5-11,14,16,21H,12-13H2,1-4H3. The van der Waals surface area contributed by atoms with Gasteiger partial charge in [-0.2, -0.15) is 0 Å². The van der Waals surface area contributed by atoms with Gasteiger partial charge in [-0.25, -0.2) is 13.1 Å². The quantitative estimate of drug-likeness (QED) is 0.752. The van der Waals surface area contributed by atoms with Crippen LogP contribution in [-0.2, 0) is 14.8 Å². The summed E-state index contributed by atoms with van der Waals surface area (Å²) in [6.45, 7) is 5.61. The zero-order valence-electron chi connectivity index (χ0n) is 16.1. The first-order chi connectivity index (χ1) is 12.8. The van der Waals surface area contributed by atoms with Gasteiger partial charge in [0.15, 0.2) is 0 Å². The van der Waals surface area contributed by atoms with Crippen LogP contribution in [0.4, 0.5) is 0 Å². The van der Waals surface area contributed by atoms with Gasteiger partial charge < -0.3 is 9.64 Å². The Morgan fingerprint density at radius 3 is 2.41 bits per heavy atom. The summed E-state index contributed by atoms with van der Waals surface area (Å²) >= 11 is 0. The van der Waals surface area contributed by atoms with Crippen LogP contribution in [0.2, 0.25) is 0 Å². The molecule has 0 bridgehead atoms. The van der Waals surface area contributed by atoms with Crippen molar-refractivity contribution in [1.29, 1.82) is 0 Å². The van der Waals surface area contributed by atoms with Crippen molar-refractivity contribution in [2.75, 3.05) is 20.2 Å². The van der Waals surface area contributed by atoms with Crippen molar-refractivity contribution in [2.24, 2.45) is 0 Å². The van der Waals surface area contributed by atoms with Crippen LogP contribution in [0.1, 0.15) is 31.0 Å². The Labute approximate surface area is 161 Å². The minimum absolute atomic E-state index is 0.106. The number of carbonyl (C=O) groups is 1. The Morgan fingerprint density at radius 1 is 1.19 bits per heavy atom. The van der Waals surface area contributed by atoms with E-state index in [0.29, 0.717) is 5.75 Å².